The van der Waals surface area contributed by atoms with E-state index in [1.807, 2.05) is 18.2 Å². The van der Waals surface area contributed by atoms with Crippen molar-refractivity contribution < 1.29 is 4.74 Å². The first-order valence-electron chi connectivity index (χ1n) is 10.3. The van der Waals surface area contributed by atoms with Gasteiger partial charge < -0.3 is 30.1 Å². The minimum absolute atomic E-state index is 0.477. The van der Waals surface area contributed by atoms with Gasteiger partial charge in [0.1, 0.15) is 5.82 Å². The Bertz CT molecular complexity index is 726. The summed E-state index contributed by atoms with van der Waals surface area (Å²) in [5, 5.41) is 6.58. The lowest BCUT2D eigenvalue weighted by Gasteiger charge is -2.39. The highest BCUT2D eigenvalue weighted by molar-refractivity contribution is 6.03. The monoisotopic (exact) mass is 401 g/mol. The van der Waals surface area contributed by atoms with Gasteiger partial charge in [-0.3, -0.25) is 5.73 Å². The number of likely N-dealkylation sites (N-methyl/N-ethyl adjacent to an activating group) is 1. The molecule has 4 heterocycles. The zero-order chi connectivity index (χ0) is 20.1. The number of rotatable bonds is 4. The molecule has 1 unspecified atom stereocenters. The Hall–Kier alpha value is -2.27. The molecule has 0 radical (unpaired) electrons. The molecule has 0 aliphatic carbocycles. The van der Waals surface area contributed by atoms with Crippen molar-refractivity contribution in [3.63, 3.8) is 0 Å². The molecule has 0 amide bonds. The lowest BCUT2D eigenvalue weighted by Crippen LogP contribution is -2.63. The second-order valence-corrected chi connectivity index (χ2v) is 7.75. The third kappa shape index (κ3) is 5.41. The molecule has 0 bridgehead atoms. The smallest absolute Gasteiger partial charge is 0.230 e. The number of pyridine rings is 1. The van der Waals surface area contributed by atoms with E-state index in [4.69, 9.17) is 15.5 Å². The molecule has 158 valence electrons. The van der Waals surface area contributed by atoms with Crippen LogP contribution in [0.2, 0.25) is 0 Å². The zero-order valence-electron chi connectivity index (χ0n) is 17.0. The van der Waals surface area contributed by atoms with Gasteiger partial charge in [0.15, 0.2) is 5.79 Å². The minimum atomic E-state index is -0.921. The maximum absolute atomic E-state index is 6.71. The van der Waals surface area contributed by atoms with Crippen molar-refractivity contribution in [1.29, 1.82) is 0 Å². The van der Waals surface area contributed by atoms with Crippen molar-refractivity contribution >= 4 is 17.7 Å². The number of aromatic nitrogens is 1. The topological polar surface area (TPSA) is 107 Å². The fourth-order valence-electron chi connectivity index (χ4n) is 3.61. The summed E-state index contributed by atoms with van der Waals surface area (Å²) >= 11 is 0. The first-order chi connectivity index (χ1) is 14.1. The molecule has 2 saturated heterocycles. The summed E-state index contributed by atoms with van der Waals surface area (Å²) in [5.74, 6) is 0.989. The summed E-state index contributed by atoms with van der Waals surface area (Å²) in [6, 6.07) is 5.69. The van der Waals surface area contributed by atoms with Crippen molar-refractivity contribution in [3.05, 3.63) is 24.4 Å². The molecule has 4 N–H and O–H groups in total. The molecule has 10 heteroatoms. The number of morpholine rings is 1. The first-order valence-corrected chi connectivity index (χ1v) is 10.3. The van der Waals surface area contributed by atoms with Crippen LogP contribution in [0.4, 0.5) is 5.82 Å². The Balaban J connectivity index is 1.48. The van der Waals surface area contributed by atoms with Gasteiger partial charge in [0, 0.05) is 58.4 Å². The fourth-order valence-corrected chi connectivity index (χ4v) is 3.61. The molecule has 2 fully saturated rings. The molecule has 3 aliphatic heterocycles. The van der Waals surface area contributed by atoms with Crippen LogP contribution in [-0.4, -0.2) is 103 Å². The van der Waals surface area contributed by atoms with E-state index in [9.17, 15) is 0 Å². The van der Waals surface area contributed by atoms with Crippen LogP contribution >= 0.6 is 0 Å². The predicted molar refractivity (Wildman–Crippen MR) is 114 cm³/mol. The van der Waals surface area contributed by atoms with Crippen LogP contribution in [-0.2, 0) is 4.74 Å². The van der Waals surface area contributed by atoms with Gasteiger partial charge in [0.2, 0.25) is 11.9 Å². The Morgan fingerprint density at radius 2 is 1.97 bits per heavy atom. The number of hydrogen-bond donors (Lipinski definition) is 3. The van der Waals surface area contributed by atoms with E-state index in [1.54, 1.807) is 6.20 Å². The molecule has 1 aromatic heterocycles. The first kappa shape index (κ1) is 20.0. The highest BCUT2D eigenvalue weighted by Gasteiger charge is 2.33. The third-order valence-electron chi connectivity index (χ3n) is 5.47. The molecule has 0 saturated carbocycles. The maximum atomic E-state index is 6.71. The summed E-state index contributed by atoms with van der Waals surface area (Å²) in [7, 11) is 2.16. The second-order valence-electron chi connectivity index (χ2n) is 7.75. The maximum Gasteiger partial charge on any atom is 0.230 e. The number of guanidine groups is 2. The Morgan fingerprint density at radius 1 is 1.17 bits per heavy atom. The number of aliphatic imine (C=N–C) groups is 2. The number of ether oxygens (including phenoxy) is 1. The van der Waals surface area contributed by atoms with E-state index < -0.39 is 5.79 Å². The summed E-state index contributed by atoms with van der Waals surface area (Å²) < 4.78 is 5.48. The van der Waals surface area contributed by atoms with Crippen LogP contribution in [0.25, 0.3) is 0 Å². The van der Waals surface area contributed by atoms with Gasteiger partial charge >= 0.3 is 0 Å². The highest BCUT2D eigenvalue weighted by atomic mass is 16.5. The predicted octanol–water partition coefficient (Wildman–Crippen LogP) is -0.609. The molecule has 0 aromatic carbocycles. The molecule has 4 rings (SSSR count). The van der Waals surface area contributed by atoms with Gasteiger partial charge in [-0.2, -0.15) is 4.99 Å². The number of nitrogens with one attached hydrogen (secondary N) is 2. The van der Waals surface area contributed by atoms with Crippen LogP contribution in [0.5, 0.6) is 0 Å². The Morgan fingerprint density at radius 3 is 2.69 bits per heavy atom. The van der Waals surface area contributed by atoms with E-state index in [-0.39, 0.29) is 0 Å². The van der Waals surface area contributed by atoms with E-state index >= 15 is 0 Å². The van der Waals surface area contributed by atoms with Gasteiger partial charge in [-0.25, -0.2) is 9.98 Å². The number of piperazine rings is 1. The molecule has 29 heavy (non-hydrogen) atoms. The van der Waals surface area contributed by atoms with Crippen LogP contribution in [0, 0.1) is 0 Å². The number of nitrogens with two attached hydrogens (primary N) is 1. The van der Waals surface area contributed by atoms with Crippen LogP contribution in [0.15, 0.2) is 34.4 Å². The van der Waals surface area contributed by atoms with Crippen LogP contribution in [0.3, 0.4) is 0 Å². The molecule has 10 nitrogen and oxygen atoms in total. The summed E-state index contributed by atoms with van der Waals surface area (Å²) in [5.41, 5.74) is 6.71. The lowest BCUT2D eigenvalue weighted by molar-refractivity contribution is 0.0650. The molecular weight excluding hydrogens is 370 g/mol. The summed E-state index contributed by atoms with van der Waals surface area (Å²) in [4.78, 5) is 20.7. The highest BCUT2D eigenvalue weighted by Crippen LogP contribution is 2.15. The largest absolute Gasteiger partial charge is 0.378 e. The van der Waals surface area contributed by atoms with Gasteiger partial charge in [0.25, 0.3) is 0 Å². The molecule has 1 aromatic rings. The second kappa shape index (κ2) is 9.04. The number of nitrogens with zero attached hydrogens (tertiary/aromatic N) is 6. The van der Waals surface area contributed by atoms with Crippen molar-refractivity contribution in [2.24, 2.45) is 15.7 Å². The number of anilines is 1. The van der Waals surface area contributed by atoms with Gasteiger partial charge in [-0.05, 0) is 19.2 Å². The number of hydrogen-bond acceptors (Lipinski definition) is 10. The summed E-state index contributed by atoms with van der Waals surface area (Å²) in [6.45, 7) is 8.07. The Labute approximate surface area is 171 Å². The average molecular weight is 402 g/mol. The van der Waals surface area contributed by atoms with Gasteiger partial charge in [0.05, 0.1) is 13.2 Å². The molecule has 0 spiro atoms. The normalized spacial score (nSPS) is 26.5. The minimum Gasteiger partial charge on any atom is -0.378 e. The standard InChI is InChI=1S/C19H31N9O/c1-26-8-10-27(11-9-26)7-5-19(20)24-17(22-16-4-2-3-6-21-16)23-18(25-19)28-12-14-29-15-13-28/h2-4,6H,5,7-15,20H2,1H3,(H2,21,22,23,24,25). The SMILES string of the molecule is CN1CCN(CCC2(N)N=C(Nc3ccccn3)N=C(N3CCOCC3)N2)CC1. The molecule has 3 aliphatic rings. The fraction of sp³-hybridized carbons (Fsp3) is 0.632. The average Bonchev–Trinajstić information content (AvgIpc) is 2.74. The van der Waals surface area contributed by atoms with E-state index in [2.05, 4.69) is 42.4 Å². The van der Waals surface area contributed by atoms with E-state index in [0.717, 1.165) is 51.8 Å². The van der Waals surface area contributed by atoms with Crippen molar-refractivity contribution in [1.82, 2.24) is 25.0 Å². The van der Waals surface area contributed by atoms with Crippen LogP contribution in [0.1, 0.15) is 6.42 Å². The van der Waals surface area contributed by atoms with Crippen LogP contribution < -0.4 is 16.4 Å². The third-order valence-corrected chi connectivity index (χ3v) is 5.47. The molecular formula is C19H31N9O. The van der Waals surface area contributed by atoms with Crippen molar-refractivity contribution in [3.8, 4) is 0 Å². The lowest BCUT2D eigenvalue weighted by atomic mass is 10.2. The van der Waals surface area contributed by atoms with Crippen molar-refractivity contribution in [2.75, 3.05) is 71.4 Å². The van der Waals surface area contributed by atoms with E-state index in [0.29, 0.717) is 31.4 Å². The molecule has 1 atom stereocenters. The van der Waals surface area contributed by atoms with Gasteiger partial charge in [-0.1, -0.05) is 6.07 Å². The summed E-state index contributed by atoms with van der Waals surface area (Å²) in [6.07, 6.45) is 2.42. The quantitative estimate of drug-likeness (QED) is 0.614. The van der Waals surface area contributed by atoms with E-state index in [1.165, 1.54) is 0 Å². The Kier molecular flexibility index (Phi) is 6.24. The zero-order valence-corrected chi connectivity index (χ0v) is 17.0. The van der Waals surface area contributed by atoms with Gasteiger partial charge in [-0.15, -0.1) is 0 Å². The van der Waals surface area contributed by atoms with Crippen molar-refractivity contribution in [2.45, 2.75) is 12.2 Å².